The Balaban J connectivity index is 1.24. The zero-order valence-corrected chi connectivity index (χ0v) is 15.8. The van der Waals surface area contributed by atoms with E-state index in [0.29, 0.717) is 5.52 Å². The quantitative estimate of drug-likeness (QED) is 0.546. The summed E-state index contributed by atoms with van der Waals surface area (Å²) < 4.78 is 14.7. The molecule has 0 aliphatic carbocycles. The molecule has 0 unspecified atom stereocenters. The number of aromatic nitrogens is 3. The third-order valence-corrected chi connectivity index (χ3v) is 6.29. The van der Waals surface area contributed by atoms with Crippen molar-refractivity contribution in [3.63, 3.8) is 0 Å². The number of carbonyl (C=O) groups excluding carboxylic acids is 1. The molecule has 1 amide bonds. The predicted molar refractivity (Wildman–Crippen MR) is 109 cm³/mol. The minimum absolute atomic E-state index is 0.0360. The van der Waals surface area contributed by atoms with Gasteiger partial charge < -0.3 is 10.2 Å². The Labute approximate surface area is 164 Å². The molecular weight excluding hydrogens is 377 g/mol. The number of hydrogen-bond acceptors (Lipinski definition) is 5. The average molecular weight is 395 g/mol. The lowest BCUT2D eigenvalue weighted by Gasteiger charge is -2.31. The number of rotatable bonds is 3. The van der Waals surface area contributed by atoms with Crippen LogP contribution in [-0.2, 0) is 4.79 Å². The number of nitrogens with zero attached hydrogens (tertiary/aromatic N) is 3. The molecule has 0 bridgehead atoms. The molecule has 6 nitrogen and oxygen atoms in total. The lowest BCUT2D eigenvalue weighted by Crippen LogP contribution is -2.38. The standard InChI is InChI=1S/C20H18FN5OS/c21-15-2-1-3-17-18(15)24-20(28-17)26-8-6-12(7-9-26)19(27)23-14-5-4-13-11-22-25-16(13)10-14/h1-5,10-12H,6-9H2,(H,22,25)(H,23,27). The second-order valence-electron chi connectivity index (χ2n) is 7.01. The maximum Gasteiger partial charge on any atom is 0.227 e. The first-order chi connectivity index (χ1) is 13.7. The van der Waals surface area contributed by atoms with E-state index < -0.39 is 0 Å². The number of benzene rings is 2. The third-order valence-electron chi connectivity index (χ3n) is 5.20. The van der Waals surface area contributed by atoms with Gasteiger partial charge in [0, 0.05) is 30.1 Å². The minimum Gasteiger partial charge on any atom is -0.348 e. The van der Waals surface area contributed by atoms with E-state index in [1.807, 2.05) is 24.3 Å². The first kappa shape index (κ1) is 17.1. The summed E-state index contributed by atoms with van der Waals surface area (Å²) in [6.45, 7) is 1.47. The van der Waals surface area contributed by atoms with Crippen LogP contribution >= 0.6 is 11.3 Å². The molecule has 2 aromatic carbocycles. The molecule has 0 saturated carbocycles. The largest absolute Gasteiger partial charge is 0.348 e. The number of fused-ring (bicyclic) bond motifs is 2. The molecule has 0 spiro atoms. The summed E-state index contributed by atoms with van der Waals surface area (Å²) in [4.78, 5) is 19.3. The maximum absolute atomic E-state index is 13.9. The summed E-state index contributed by atoms with van der Waals surface area (Å²) in [5.41, 5.74) is 2.10. The van der Waals surface area contributed by atoms with Gasteiger partial charge in [-0.15, -0.1) is 0 Å². The molecule has 5 rings (SSSR count). The monoisotopic (exact) mass is 395 g/mol. The van der Waals surface area contributed by atoms with Gasteiger partial charge in [-0.1, -0.05) is 17.4 Å². The molecule has 4 aromatic rings. The number of amides is 1. The molecule has 2 aromatic heterocycles. The van der Waals surface area contributed by atoms with Crippen LogP contribution in [0.15, 0.2) is 42.6 Å². The summed E-state index contributed by atoms with van der Waals surface area (Å²) in [6.07, 6.45) is 3.25. The van der Waals surface area contributed by atoms with Gasteiger partial charge in [-0.05, 0) is 43.2 Å². The Morgan fingerprint density at radius 1 is 1.25 bits per heavy atom. The van der Waals surface area contributed by atoms with E-state index in [1.165, 1.54) is 17.4 Å². The number of carbonyl (C=O) groups is 1. The van der Waals surface area contributed by atoms with Crippen molar-refractivity contribution >= 4 is 49.2 Å². The van der Waals surface area contributed by atoms with Gasteiger partial charge in [0.15, 0.2) is 5.13 Å². The topological polar surface area (TPSA) is 73.9 Å². The van der Waals surface area contributed by atoms with Gasteiger partial charge in [0.2, 0.25) is 5.91 Å². The molecule has 1 fully saturated rings. The van der Waals surface area contributed by atoms with E-state index >= 15 is 0 Å². The number of halogens is 1. The van der Waals surface area contributed by atoms with Crippen LogP contribution in [0, 0.1) is 11.7 Å². The van der Waals surface area contributed by atoms with E-state index in [4.69, 9.17) is 0 Å². The van der Waals surface area contributed by atoms with Crippen LogP contribution in [0.25, 0.3) is 21.1 Å². The Morgan fingerprint density at radius 2 is 2.11 bits per heavy atom. The highest BCUT2D eigenvalue weighted by molar-refractivity contribution is 7.22. The Kier molecular flexibility index (Phi) is 4.20. The average Bonchev–Trinajstić information content (AvgIpc) is 3.35. The van der Waals surface area contributed by atoms with E-state index in [9.17, 15) is 9.18 Å². The molecule has 2 N–H and O–H groups in total. The van der Waals surface area contributed by atoms with Crippen LogP contribution in [0.1, 0.15) is 12.8 Å². The van der Waals surface area contributed by atoms with Crippen molar-refractivity contribution in [1.82, 2.24) is 15.2 Å². The molecule has 1 saturated heterocycles. The Morgan fingerprint density at radius 3 is 2.93 bits per heavy atom. The first-order valence-corrected chi connectivity index (χ1v) is 10.0. The zero-order valence-electron chi connectivity index (χ0n) is 15.0. The molecule has 3 heterocycles. The number of piperidine rings is 1. The molecular formula is C20H18FN5OS. The highest BCUT2D eigenvalue weighted by Gasteiger charge is 2.27. The lowest BCUT2D eigenvalue weighted by atomic mass is 9.96. The Bertz CT molecular complexity index is 1160. The van der Waals surface area contributed by atoms with Crippen LogP contribution in [-0.4, -0.2) is 34.2 Å². The fourth-order valence-corrected chi connectivity index (χ4v) is 4.66. The van der Waals surface area contributed by atoms with Gasteiger partial charge in [0.05, 0.1) is 16.4 Å². The van der Waals surface area contributed by atoms with Gasteiger partial charge in [0.25, 0.3) is 0 Å². The van der Waals surface area contributed by atoms with Crippen LogP contribution in [0.4, 0.5) is 15.2 Å². The highest BCUT2D eigenvalue weighted by atomic mass is 32.1. The molecule has 1 aliphatic rings. The summed E-state index contributed by atoms with van der Waals surface area (Å²) in [5.74, 6) is -0.294. The summed E-state index contributed by atoms with van der Waals surface area (Å²) in [5, 5.41) is 11.8. The maximum atomic E-state index is 13.9. The summed E-state index contributed by atoms with van der Waals surface area (Å²) >= 11 is 1.50. The van der Waals surface area contributed by atoms with Crippen LogP contribution in [0.2, 0.25) is 0 Å². The van der Waals surface area contributed by atoms with Crippen LogP contribution in [0.3, 0.4) is 0 Å². The van der Waals surface area contributed by atoms with Crippen LogP contribution in [0.5, 0.6) is 0 Å². The van der Waals surface area contributed by atoms with Crippen molar-refractivity contribution in [2.45, 2.75) is 12.8 Å². The molecule has 28 heavy (non-hydrogen) atoms. The SMILES string of the molecule is O=C(Nc1ccc2cn[nH]c2c1)C1CCN(c2nc3c(F)cccc3s2)CC1. The van der Waals surface area contributed by atoms with E-state index in [2.05, 4.69) is 25.4 Å². The van der Waals surface area contributed by atoms with Crippen molar-refractivity contribution in [3.05, 3.63) is 48.4 Å². The number of para-hydroxylation sites is 1. The van der Waals surface area contributed by atoms with Gasteiger partial charge in [-0.25, -0.2) is 9.37 Å². The zero-order chi connectivity index (χ0) is 19.1. The van der Waals surface area contributed by atoms with Gasteiger partial charge in [-0.2, -0.15) is 5.10 Å². The van der Waals surface area contributed by atoms with Crippen molar-refractivity contribution in [2.24, 2.45) is 5.92 Å². The van der Waals surface area contributed by atoms with E-state index in [1.54, 1.807) is 12.3 Å². The lowest BCUT2D eigenvalue weighted by molar-refractivity contribution is -0.120. The fourth-order valence-electron chi connectivity index (χ4n) is 3.63. The van der Waals surface area contributed by atoms with Gasteiger partial charge in [0.1, 0.15) is 11.3 Å². The summed E-state index contributed by atoms with van der Waals surface area (Å²) in [7, 11) is 0. The van der Waals surface area contributed by atoms with Crippen LogP contribution < -0.4 is 10.2 Å². The Hall–Kier alpha value is -3.00. The van der Waals surface area contributed by atoms with Gasteiger partial charge >= 0.3 is 0 Å². The van der Waals surface area contributed by atoms with Crippen molar-refractivity contribution < 1.29 is 9.18 Å². The van der Waals surface area contributed by atoms with Crippen molar-refractivity contribution in [1.29, 1.82) is 0 Å². The minimum atomic E-state index is -0.288. The first-order valence-electron chi connectivity index (χ1n) is 9.21. The second-order valence-corrected chi connectivity index (χ2v) is 8.01. The second kappa shape index (κ2) is 6.87. The van der Waals surface area contributed by atoms with E-state index in [0.717, 1.165) is 52.4 Å². The molecule has 142 valence electrons. The molecule has 0 radical (unpaired) electrons. The number of hydrogen-bond donors (Lipinski definition) is 2. The molecule has 1 aliphatic heterocycles. The van der Waals surface area contributed by atoms with Crippen molar-refractivity contribution in [3.8, 4) is 0 Å². The number of aromatic amines is 1. The van der Waals surface area contributed by atoms with E-state index in [-0.39, 0.29) is 17.6 Å². The number of thiazole rings is 1. The highest BCUT2D eigenvalue weighted by Crippen LogP contribution is 2.32. The number of nitrogens with one attached hydrogen (secondary N) is 2. The molecule has 0 atom stereocenters. The normalized spacial score (nSPS) is 15.4. The number of H-pyrrole nitrogens is 1. The molecule has 8 heteroatoms. The fraction of sp³-hybridized carbons (Fsp3) is 0.250. The number of anilines is 2. The predicted octanol–water partition coefficient (Wildman–Crippen LogP) is 4.17. The summed E-state index contributed by atoms with van der Waals surface area (Å²) in [6, 6.07) is 10.7. The van der Waals surface area contributed by atoms with Crippen molar-refractivity contribution in [2.75, 3.05) is 23.3 Å². The smallest absolute Gasteiger partial charge is 0.227 e. The third kappa shape index (κ3) is 3.09. The van der Waals surface area contributed by atoms with Gasteiger partial charge in [-0.3, -0.25) is 9.89 Å².